The van der Waals surface area contributed by atoms with Crippen LogP contribution in [0.25, 0.3) is 0 Å². The van der Waals surface area contributed by atoms with E-state index in [0.717, 1.165) is 18.8 Å². The van der Waals surface area contributed by atoms with E-state index in [1.54, 1.807) is 0 Å². The molecule has 0 amide bonds. The molecular weight excluding hydrogens is 344 g/mol. The fraction of sp³-hybridized carbons (Fsp3) is 0.810. The van der Waals surface area contributed by atoms with Crippen LogP contribution in [0, 0.1) is 11.3 Å². The summed E-state index contributed by atoms with van der Waals surface area (Å²) in [5, 5.41) is 0. The Bertz CT molecular complexity index is 463. The lowest BCUT2D eigenvalue weighted by Crippen LogP contribution is -2.31. The summed E-state index contributed by atoms with van der Waals surface area (Å²) >= 11 is 0. The summed E-state index contributed by atoms with van der Waals surface area (Å²) < 4.78 is 10.7. The molecule has 0 saturated heterocycles. The summed E-state index contributed by atoms with van der Waals surface area (Å²) in [6, 6.07) is 0. The third-order valence-corrected chi connectivity index (χ3v) is 4.97. The van der Waals surface area contributed by atoms with Gasteiger partial charge in [-0.25, -0.2) is 0 Å². The van der Waals surface area contributed by atoms with Crippen molar-refractivity contribution in [2.24, 2.45) is 11.3 Å². The Labute approximate surface area is 162 Å². The number of hydrogen-bond acceptors (Lipinski definition) is 4. The van der Waals surface area contributed by atoms with Gasteiger partial charge in [-0.2, -0.15) is 0 Å². The van der Waals surface area contributed by atoms with Gasteiger partial charge in [0.25, 0.3) is 0 Å². The average Bonchev–Trinajstić information content (AvgIpc) is 2.46. The summed E-state index contributed by atoms with van der Waals surface area (Å²) in [7, 11) is -1.26. The van der Waals surface area contributed by atoms with Crippen LogP contribution < -0.4 is 0 Å². The van der Waals surface area contributed by atoms with Gasteiger partial charge in [-0.1, -0.05) is 45.8 Å². The van der Waals surface area contributed by atoms with Crippen LogP contribution in [0.4, 0.5) is 0 Å². The molecule has 0 bridgehead atoms. The maximum Gasteiger partial charge on any atom is 0.303 e. The Hall–Kier alpha value is -0.943. The summed E-state index contributed by atoms with van der Waals surface area (Å²) in [6.07, 6.45) is 6.35. The summed E-state index contributed by atoms with van der Waals surface area (Å²) in [4.78, 5) is 23.5. The molecule has 0 aromatic heterocycles. The van der Waals surface area contributed by atoms with Gasteiger partial charge in [-0.05, 0) is 50.6 Å². The molecule has 0 heterocycles. The molecule has 5 heteroatoms. The van der Waals surface area contributed by atoms with E-state index < -0.39 is 21.1 Å². The Morgan fingerprint density at radius 3 is 2.27 bits per heavy atom. The minimum absolute atomic E-state index is 0.0407. The van der Waals surface area contributed by atoms with Crippen molar-refractivity contribution in [2.75, 3.05) is 6.61 Å². The van der Waals surface area contributed by atoms with E-state index in [1.165, 1.54) is 25.3 Å². The normalized spacial score (nSPS) is 15.0. The first-order valence-corrected chi connectivity index (χ1v) is 12.7. The summed E-state index contributed by atoms with van der Waals surface area (Å²) in [6.45, 7) is 16.7. The average molecular weight is 385 g/mol. The van der Waals surface area contributed by atoms with Crippen LogP contribution in [0.1, 0.15) is 73.6 Å². The van der Waals surface area contributed by atoms with E-state index >= 15 is 0 Å². The minimum Gasteiger partial charge on any atom is -0.454 e. The van der Waals surface area contributed by atoms with Crippen LogP contribution in [0.5, 0.6) is 0 Å². The number of allylic oxidation sites excluding steroid dienone is 1. The Morgan fingerprint density at radius 2 is 1.77 bits per heavy atom. The molecule has 26 heavy (non-hydrogen) atoms. The topological polar surface area (TPSA) is 52.6 Å². The Morgan fingerprint density at radius 1 is 1.15 bits per heavy atom. The number of carbonyl (C=O) groups excluding carboxylic acids is 2. The summed E-state index contributed by atoms with van der Waals surface area (Å²) in [5.74, 6) is 0.145. The van der Waals surface area contributed by atoms with Crippen LogP contribution in [0.3, 0.4) is 0 Å². The van der Waals surface area contributed by atoms with Gasteiger partial charge in [-0.3, -0.25) is 9.59 Å². The highest BCUT2D eigenvalue weighted by molar-refractivity contribution is 6.48. The van der Waals surface area contributed by atoms with Gasteiger partial charge in [0.15, 0.2) is 20.9 Å². The summed E-state index contributed by atoms with van der Waals surface area (Å²) in [5.41, 5.74) is 1.63. The zero-order valence-corrected chi connectivity index (χ0v) is 19.3. The number of rotatable bonds is 12. The van der Waals surface area contributed by atoms with Gasteiger partial charge >= 0.3 is 5.97 Å². The minimum atomic E-state index is -1.26. The molecular formula is C21H40O4Si. The quantitative estimate of drug-likeness (QED) is 0.268. The molecule has 4 nitrogen and oxygen atoms in total. The molecule has 0 N–H and O–H groups in total. The molecule has 0 saturated carbocycles. The molecule has 0 aromatic rings. The van der Waals surface area contributed by atoms with Gasteiger partial charge in [0.1, 0.15) is 0 Å². The maximum absolute atomic E-state index is 12.2. The zero-order chi connectivity index (χ0) is 20.3. The maximum atomic E-state index is 12.2. The van der Waals surface area contributed by atoms with Crippen molar-refractivity contribution >= 4 is 20.8 Å². The van der Waals surface area contributed by atoms with E-state index in [9.17, 15) is 9.59 Å². The van der Waals surface area contributed by atoms with E-state index in [4.69, 9.17) is 9.16 Å². The number of esters is 1. The molecule has 152 valence electrons. The monoisotopic (exact) mass is 384 g/mol. The Balaban J connectivity index is 4.44. The smallest absolute Gasteiger partial charge is 0.303 e. The molecule has 0 aliphatic heterocycles. The highest BCUT2D eigenvalue weighted by atomic mass is 28.3. The Kier molecular flexibility index (Phi) is 12.0. The van der Waals surface area contributed by atoms with E-state index in [-0.39, 0.29) is 12.4 Å². The van der Waals surface area contributed by atoms with Crippen LogP contribution >= 0.6 is 0 Å². The molecule has 0 fully saturated rings. The van der Waals surface area contributed by atoms with E-state index in [2.05, 4.69) is 34.6 Å². The lowest BCUT2D eigenvalue weighted by atomic mass is 9.83. The molecule has 2 unspecified atom stereocenters. The van der Waals surface area contributed by atoms with Crippen LogP contribution in [0.2, 0.25) is 13.1 Å². The first kappa shape index (κ1) is 25.1. The SMILES string of the molecule is CC(=O)OC(CC=C(C)CCCC(C)CC(C)(C)C)C(=O)CO[SiH](C)C. The highest BCUT2D eigenvalue weighted by Crippen LogP contribution is 2.27. The van der Waals surface area contributed by atoms with Gasteiger partial charge < -0.3 is 9.16 Å². The van der Waals surface area contributed by atoms with Gasteiger partial charge in [0.2, 0.25) is 0 Å². The first-order valence-electron chi connectivity index (χ1n) is 9.88. The number of ether oxygens (including phenoxy) is 1. The number of carbonyl (C=O) groups is 2. The van der Waals surface area contributed by atoms with Crippen molar-refractivity contribution in [3.63, 3.8) is 0 Å². The molecule has 0 radical (unpaired) electrons. The molecule has 2 atom stereocenters. The van der Waals surface area contributed by atoms with Crippen LogP contribution in [-0.4, -0.2) is 33.5 Å². The van der Waals surface area contributed by atoms with Crippen molar-refractivity contribution in [1.29, 1.82) is 0 Å². The molecule has 0 aromatic carbocycles. The standard InChI is InChI=1S/C21H40O4Si/c1-16(10-9-11-17(2)14-21(4,5)6)12-13-20(25-18(3)22)19(23)15-24-26(7)8/h12,17,20,26H,9-11,13-15H2,1-8H3. The third-order valence-electron chi connectivity index (χ3n) is 4.14. The number of hydrogen-bond donors (Lipinski definition) is 0. The highest BCUT2D eigenvalue weighted by Gasteiger charge is 2.21. The third kappa shape index (κ3) is 14.2. The van der Waals surface area contributed by atoms with Gasteiger partial charge in [0, 0.05) is 13.3 Å². The second-order valence-electron chi connectivity index (χ2n) is 8.97. The second-order valence-corrected chi connectivity index (χ2v) is 11.4. The molecule has 0 aliphatic carbocycles. The predicted octanol–water partition coefficient (Wildman–Crippen LogP) is 5.07. The first-order chi connectivity index (χ1) is 11.9. The van der Waals surface area contributed by atoms with Crippen LogP contribution in [-0.2, 0) is 18.8 Å². The fourth-order valence-corrected chi connectivity index (χ4v) is 3.57. The van der Waals surface area contributed by atoms with E-state index in [0.29, 0.717) is 11.8 Å². The van der Waals surface area contributed by atoms with Crippen LogP contribution in [0.15, 0.2) is 11.6 Å². The van der Waals surface area contributed by atoms with Gasteiger partial charge in [0.05, 0.1) is 6.61 Å². The number of ketones is 1. The second kappa shape index (κ2) is 12.4. The fourth-order valence-electron chi connectivity index (χ4n) is 3.07. The zero-order valence-electron chi connectivity index (χ0n) is 18.2. The molecule has 0 rings (SSSR count). The largest absolute Gasteiger partial charge is 0.454 e. The van der Waals surface area contributed by atoms with Gasteiger partial charge in [-0.15, -0.1) is 0 Å². The number of Topliss-reactive ketones (excluding diaryl/α,β-unsaturated/α-hetero) is 1. The van der Waals surface area contributed by atoms with Crippen molar-refractivity contribution in [2.45, 2.75) is 92.8 Å². The van der Waals surface area contributed by atoms with Crippen molar-refractivity contribution in [3.8, 4) is 0 Å². The van der Waals surface area contributed by atoms with E-state index in [1.807, 2.05) is 19.2 Å². The lowest BCUT2D eigenvalue weighted by Gasteiger charge is -2.23. The molecule has 0 spiro atoms. The van der Waals surface area contributed by atoms with Crippen molar-refractivity contribution in [3.05, 3.63) is 11.6 Å². The predicted molar refractivity (Wildman–Crippen MR) is 111 cm³/mol. The van der Waals surface area contributed by atoms with Crippen molar-refractivity contribution in [1.82, 2.24) is 0 Å². The lowest BCUT2D eigenvalue weighted by molar-refractivity contribution is -0.153. The molecule has 0 aliphatic rings. The van der Waals surface area contributed by atoms with Crippen molar-refractivity contribution < 1.29 is 18.8 Å².